The van der Waals surface area contributed by atoms with Crippen LogP contribution in [0.2, 0.25) is 0 Å². The summed E-state index contributed by atoms with van der Waals surface area (Å²) in [5.41, 5.74) is 4.46. The number of hydrogen-bond donors (Lipinski definition) is 2. The SMILES string of the molecule is C=CCO[C@@]12Oc3ccc(Oc4ccc(OC)c(C=O)c4)cc3[C@H]3[C@H](CCCCO)[C@@H](CCCCO)C=C(C(=NOCc4ccccc4)C[C@@H]1N(Cc1ccc4c(c1)OCO4)C(=O)OC)[C@H]32. The molecule has 4 aromatic carbocycles. The topological polar surface area (TPSA) is 164 Å². The number of carbonyl (C=O) groups excluding carboxylic acids is 2. The Morgan fingerprint density at radius 3 is 2.41 bits per heavy atom. The lowest BCUT2D eigenvalue weighted by Crippen LogP contribution is -2.70. The monoisotopic (exact) mass is 902 g/mol. The third-order valence-corrected chi connectivity index (χ3v) is 13.0. The normalized spacial score (nSPS) is 22.8. The summed E-state index contributed by atoms with van der Waals surface area (Å²) in [5.74, 6) is 0.720. The lowest BCUT2D eigenvalue weighted by atomic mass is 9.55. The van der Waals surface area contributed by atoms with Crippen LogP contribution in [0.15, 0.2) is 114 Å². The Morgan fingerprint density at radius 2 is 1.65 bits per heavy atom. The van der Waals surface area contributed by atoms with Crippen molar-refractivity contribution >= 4 is 18.1 Å². The van der Waals surface area contributed by atoms with Crippen molar-refractivity contribution in [3.05, 3.63) is 131 Å². The van der Waals surface area contributed by atoms with Crippen LogP contribution >= 0.6 is 0 Å². The summed E-state index contributed by atoms with van der Waals surface area (Å²) in [5, 5.41) is 24.9. The molecule has 8 rings (SSSR count). The van der Waals surface area contributed by atoms with Crippen LogP contribution in [0, 0.1) is 17.8 Å². The molecule has 0 saturated heterocycles. The number of rotatable bonds is 21. The van der Waals surface area contributed by atoms with E-state index in [0.717, 1.165) is 54.2 Å². The van der Waals surface area contributed by atoms with Crippen LogP contribution in [0.5, 0.6) is 34.5 Å². The van der Waals surface area contributed by atoms with E-state index in [4.69, 9.17) is 43.2 Å². The molecular formula is C52H58N2O12. The van der Waals surface area contributed by atoms with E-state index in [0.29, 0.717) is 58.6 Å². The van der Waals surface area contributed by atoms with Crippen molar-refractivity contribution in [3.63, 3.8) is 0 Å². The minimum atomic E-state index is -1.52. The van der Waals surface area contributed by atoms with E-state index >= 15 is 0 Å². The molecule has 4 aliphatic rings. The van der Waals surface area contributed by atoms with E-state index in [2.05, 4.69) is 12.7 Å². The molecule has 2 N–H and O–H groups in total. The van der Waals surface area contributed by atoms with E-state index in [-0.39, 0.29) is 63.9 Å². The van der Waals surface area contributed by atoms with Crippen molar-refractivity contribution in [2.24, 2.45) is 22.9 Å². The number of carbonyl (C=O) groups is 2. The number of methoxy groups -OCH3 is 2. The Morgan fingerprint density at radius 1 is 0.894 bits per heavy atom. The Labute approximate surface area is 385 Å². The number of benzene rings is 4. The summed E-state index contributed by atoms with van der Waals surface area (Å²) in [4.78, 5) is 34.3. The molecule has 14 heteroatoms. The molecular weight excluding hydrogens is 845 g/mol. The zero-order chi connectivity index (χ0) is 46.0. The number of fused-ring (bicyclic) bond motifs is 3. The van der Waals surface area contributed by atoms with Crippen LogP contribution in [0.25, 0.3) is 0 Å². The lowest BCUT2D eigenvalue weighted by molar-refractivity contribution is -0.256. The first-order valence-electron chi connectivity index (χ1n) is 22.6. The van der Waals surface area contributed by atoms with Crippen molar-refractivity contribution in [2.75, 3.05) is 40.8 Å². The van der Waals surface area contributed by atoms with Crippen molar-refractivity contribution in [1.82, 2.24) is 4.90 Å². The Hall–Kier alpha value is -6.35. The van der Waals surface area contributed by atoms with Gasteiger partial charge in [-0.1, -0.05) is 66.5 Å². The first kappa shape index (κ1) is 46.2. The average Bonchev–Trinajstić information content (AvgIpc) is 3.82. The molecule has 1 saturated carbocycles. The Bertz CT molecular complexity index is 2400. The largest absolute Gasteiger partial charge is 0.496 e. The predicted molar refractivity (Wildman–Crippen MR) is 245 cm³/mol. The highest BCUT2D eigenvalue weighted by Gasteiger charge is 2.65. The number of aliphatic hydroxyl groups excluding tert-OH is 2. The van der Waals surface area contributed by atoms with Gasteiger partial charge in [-0.15, -0.1) is 6.58 Å². The van der Waals surface area contributed by atoms with Gasteiger partial charge in [-0.3, -0.25) is 9.69 Å². The molecule has 1 amide bonds. The highest BCUT2D eigenvalue weighted by Crippen LogP contribution is 2.62. The number of nitrogens with zero attached hydrogens (tertiary/aromatic N) is 2. The molecule has 0 bridgehead atoms. The number of oxime groups is 1. The summed E-state index contributed by atoms with van der Waals surface area (Å²) >= 11 is 0. The second-order valence-corrected chi connectivity index (χ2v) is 16.9. The molecule has 348 valence electrons. The van der Waals surface area contributed by atoms with E-state index in [1.807, 2.05) is 66.7 Å². The fourth-order valence-electron chi connectivity index (χ4n) is 10.1. The summed E-state index contributed by atoms with van der Waals surface area (Å²) < 4.78 is 43.3. The molecule has 2 aliphatic heterocycles. The highest BCUT2D eigenvalue weighted by molar-refractivity contribution is 6.03. The minimum absolute atomic E-state index is 0.0112. The van der Waals surface area contributed by atoms with Gasteiger partial charge in [0.1, 0.15) is 35.6 Å². The van der Waals surface area contributed by atoms with Crippen LogP contribution in [0.1, 0.15) is 77.9 Å². The standard InChI is InChI=1S/C52H58N2O12/c1-4-24-63-52-48(54(51(58)60-3)30-35-16-19-46-47(25-35)62-33-61-46)29-43(53-64-32-34-12-6-5-7-13-34)41-27-36(14-8-10-22-55)40(15-9-11-23-56)49(50(41)52)42-28-39(18-21-45(42)66-52)65-38-17-20-44(59-2)37(26-38)31-57/h4-7,12-13,16-21,25-28,31,36,40,48-50,55-56H,1,8-11,14-15,22-24,29-30,32-33H2,2-3H3/t36-,40+,48-,49+,50+,52+/m0/s1. The first-order chi connectivity index (χ1) is 32.3. The van der Waals surface area contributed by atoms with Gasteiger partial charge in [0.05, 0.1) is 38.0 Å². The second-order valence-electron chi connectivity index (χ2n) is 16.9. The van der Waals surface area contributed by atoms with Gasteiger partial charge in [0, 0.05) is 37.7 Å². The van der Waals surface area contributed by atoms with Gasteiger partial charge in [-0.25, -0.2) is 4.79 Å². The maximum atomic E-state index is 14.4. The molecule has 2 aliphatic carbocycles. The summed E-state index contributed by atoms with van der Waals surface area (Å²) in [7, 11) is 2.87. The maximum Gasteiger partial charge on any atom is 0.410 e. The van der Waals surface area contributed by atoms with Crippen molar-refractivity contribution in [1.29, 1.82) is 0 Å². The number of unbranched alkanes of at least 4 members (excludes halogenated alkanes) is 2. The van der Waals surface area contributed by atoms with Crippen LogP contribution < -0.4 is 23.7 Å². The maximum absolute atomic E-state index is 14.4. The number of aliphatic hydroxyl groups is 2. The Kier molecular flexibility index (Phi) is 14.9. The quantitative estimate of drug-likeness (QED) is 0.0353. The molecule has 0 aromatic heterocycles. The molecule has 66 heavy (non-hydrogen) atoms. The number of amides is 1. The summed E-state index contributed by atoms with van der Waals surface area (Å²) in [6.45, 7) is 4.66. The summed E-state index contributed by atoms with van der Waals surface area (Å²) in [6, 6.07) is 25.3. The van der Waals surface area contributed by atoms with E-state index in [1.165, 1.54) is 14.2 Å². The van der Waals surface area contributed by atoms with Crippen LogP contribution in [0.4, 0.5) is 4.79 Å². The second kappa shape index (κ2) is 21.3. The van der Waals surface area contributed by atoms with Crippen LogP contribution in [0.3, 0.4) is 0 Å². The molecule has 2 heterocycles. The third-order valence-electron chi connectivity index (χ3n) is 13.0. The van der Waals surface area contributed by atoms with Gasteiger partial charge in [-0.05, 0) is 103 Å². The molecule has 0 radical (unpaired) electrons. The van der Waals surface area contributed by atoms with Gasteiger partial charge in [0.2, 0.25) is 12.6 Å². The Balaban J connectivity index is 1.32. The molecule has 6 atom stereocenters. The molecule has 4 aromatic rings. The summed E-state index contributed by atoms with van der Waals surface area (Å²) in [6.07, 6.45) is 8.59. The highest BCUT2D eigenvalue weighted by atomic mass is 16.7. The van der Waals surface area contributed by atoms with E-state index < -0.39 is 23.8 Å². The number of ether oxygens (including phenoxy) is 7. The van der Waals surface area contributed by atoms with E-state index in [1.54, 1.807) is 29.2 Å². The van der Waals surface area contributed by atoms with Gasteiger partial charge >= 0.3 is 6.09 Å². The fraction of sp³-hybridized carbons (Fsp3) is 0.404. The van der Waals surface area contributed by atoms with Gasteiger partial charge < -0.3 is 48.2 Å². The lowest BCUT2D eigenvalue weighted by Gasteiger charge is -2.59. The van der Waals surface area contributed by atoms with Crippen LogP contribution in [-0.4, -0.2) is 85.9 Å². The first-order valence-corrected chi connectivity index (χ1v) is 22.6. The third kappa shape index (κ3) is 9.62. The van der Waals surface area contributed by atoms with Crippen molar-refractivity contribution in [3.8, 4) is 34.5 Å². The van der Waals surface area contributed by atoms with Crippen LogP contribution in [-0.2, 0) is 27.5 Å². The number of aldehydes is 1. The smallest absolute Gasteiger partial charge is 0.410 e. The van der Waals surface area contributed by atoms with Gasteiger partial charge in [-0.2, -0.15) is 0 Å². The molecule has 0 unspecified atom stereocenters. The number of hydrogen-bond acceptors (Lipinski definition) is 13. The molecule has 1 fully saturated rings. The predicted octanol–water partition coefficient (Wildman–Crippen LogP) is 9.13. The zero-order valence-corrected chi connectivity index (χ0v) is 37.5. The van der Waals surface area contributed by atoms with Gasteiger partial charge in [0.25, 0.3) is 0 Å². The van der Waals surface area contributed by atoms with Crippen molar-refractivity contribution < 1.29 is 57.8 Å². The molecule has 14 nitrogen and oxygen atoms in total. The number of allylic oxidation sites excluding steroid dienone is 1. The fourth-order valence-corrected chi connectivity index (χ4v) is 10.1. The average molecular weight is 903 g/mol. The molecule has 0 spiro atoms. The minimum Gasteiger partial charge on any atom is -0.496 e. The van der Waals surface area contributed by atoms with E-state index in [9.17, 15) is 19.8 Å². The van der Waals surface area contributed by atoms with Gasteiger partial charge in [0.15, 0.2) is 17.8 Å². The zero-order valence-electron chi connectivity index (χ0n) is 37.5. The van der Waals surface area contributed by atoms with Crippen molar-refractivity contribution in [2.45, 2.75) is 75.8 Å².